The number of pyridine rings is 1. The van der Waals surface area contributed by atoms with Crippen molar-refractivity contribution in [2.75, 3.05) is 18.0 Å². The van der Waals surface area contributed by atoms with Gasteiger partial charge in [0, 0.05) is 18.0 Å². The summed E-state index contributed by atoms with van der Waals surface area (Å²) in [6.45, 7) is 6.72. The minimum absolute atomic E-state index is 0.0257. The third kappa shape index (κ3) is 3.11. The van der Waals surface area contributed by atoms with Crippen LogP contribution in [0.25, 0.3) is 10.9 Å². The molecule has 1 aliphatic heterocycles. The molecular formula is C22H24N2O3S. The number of methoxy groups -OCH3 is 1. The van der Waals surface area contributed by atoms with Gasteiger partial charge < -0.3 is 4.74 Å². The molecule has 0 radical (unpaired) electrons. The third-order valence-electron chi connectivity index (χ3n) is 5.21. The number of fused-ring (bicyclic) bond motifs is 2. The van der Waals surface area contributed by atoms with Crippen LogP contribution in [0, 0.1) is 0 Å². The smallest absolute Gasteiger partial charge is 0.265 e. The number of hydrogen-bond donors (Lipinski definition) is 0. The number of rotatable bonds is 3. The van der Waals surface area contributed by atoms with Gasteiger partial charge in [0.1, 0.15) is 11.6 Å². The van der Waals surface area contributed by atoms with E-state index in [0.29, 0.717) is 29.4 Å². The number of nitrogens with zero attached hydrogens (tertiary/aromatic N) is 2. The lowest BCUT2D eigenvalue weighted by molar-refractivity contribution is 0.415. The van der Waals surface area contributed by atoms with Gasteiger partial charge in [-0.2, -0.15) is 0 Å². The maximum atomic E-state index is 13.3. The highest BCUT2D eigenvalue weighted by atomic mass is 32.2. The Kier molecular flexibility index (Phi) is 4.34. The Hall–Kier alpha value is -2.60. The molecule has 2 aromatic carbocycles. The van der Waals surface area contributed by atoms with E-state index in [9.17, 15) is 8.42 Å². The minimum Gasteiger partial charge on any atom is -0.497 e. The van der Waals surface area contributed by atoms with Crippen molar-refractivity contribution in [1.82, 2.24) is 4.98 Å². The fourth-order valence-corrected chi connectivity index (χ4v) is 4.98. The number of anilines is 1. The highest BCUT2D eigenvalue weighted by molar-refractivity contribution is 7.92. The molecule has 4 rings (SSSR count). The Balaban J connectivity index is 1.76. The molecule has 0 atom stereocenters. The lowest BCUT2D eigenvalue weighted by Crippen LogP contribution is -2.29. The molecule has 0 saturated heterocycles. The molecule has 0 saturated carbocycles. The number of benzene rings is 2. The number of hydrogen-bond acceptors (Lipinski definition) is 4. The van der Waals surface area contributed by atoms with E-state index < -0.39 is 10.0 Å². The average Bonchev–Trinajstić information content (AvgIpc) is 3.08. The number of aromatic nitrogens is 1. The summed E-state index contributed by atoms with van der Waals surface area (Å²) in [5.41, 5.74) is 2.75. The van der Waals surface area contributed by atoms with Gasteiger partial charge in [0.15, 0.2) is 0 Å². The van der Waals surface area contributed by atoms with Gasteiger partial charge in [-0.3, -0.25) is 0 Å². The van der Waals surface area contributed by atoms with E-state index in [2.05, 4.69) is 25.8 Å². The van der Waals surface area contributed by atoms with E-state index >= 15 is 0 Å². The molecule has 5 nitrogen and oxygen atoms in total. The summed E-state index contributed by atoms with van der Waals surface area (Å²) in [5.74, 6) is 1.21. The van der Waals surface area contributed by atoms with Crippen LogP contribution in [0.1, 0.15) is 31.9 Å². The van der Waals surface area contributed by atoms with Gasteiger partial charge in [0.05, 0.1) is 17.5 Å². The predicted molar refractivity (Wildman–Crippen MR) is 112 cm³/mol. The summed E-state index contributed by atoms with van der Waals surface area (Å²) < 4.78 is 33.3. The molecule has 3 aromatic rings. The molecule has 0 bridgehead atoms. The van der Waals surface area contributed by atoms with Crippen molar-refractivity contribution in [3.63, 3.8) is 0 Å². The molecular weight excluding hydrogens is 372 g/mol. The third-order valence-corrected chi connectivity index (χ3v) is 7.01. The summed E-state index contributed by atoms with van der Waals surface area (Å²) in [7, 11) is -2.06. The molecule has 1 aromatic heterocycles. The van der Waals surface area contributed by atoms with Gasteiger partial charge in [0.2, 0.25) is 0 Å². The Labute approximate surface area is 166 Å². The minimum atomic E-state index is -3.66. The first-order valence-electron chi connectivity index (χ1n) is 9.31. The van der Waals surface area contributed by atoms with Gasteiger partial charge in [-0.05, 0) is 53.3 Å². The van der Waals surface area contributed by atoms with Gasteiger partial charge in [-0.25, -0.2) is 17.7 Å². The van der Waals surface area contributed by atoms with Crippen LogP contribution in [0.15, 0.2) is 53.4 Å². The first-order chi connectivity index (χ1) is 13.2. The lowest BCUT2D eigenvalue weighted by Gasteiger charge is -2.21. The molecule has 28 heavy (non-hydrogen) atoms. The molecule has 2 heterocycles. The van der Waals surface area contributed by atoms with Gasteiger partial charge in [-0.1, -0.05) is 32.9 Å². The van der Waals surface area contributed by atoms with Gasteiger partial charge >= 0.3 is 0 Å². The summed E-state index contributed by atoms with van der Waals surface area (Å²) in [5, 5.41) is 0.980. The van der Waals surface area contributed by atoms with E-state index in [4.69, 9.17) is 4.74 Å². The normalized spacial score (nSPS) is 14.4. The van der Waals surface area contributed by atoms with Crippen molar-refractivity contribution >= 4 is 26.7 Å². The molecule has 0 spiro atoms. The van der Waals surface area contributed by atoms with Crippen LogP contribution in [0.5, 0.6) is 5.75 Å². The van der Waals surface area contributed by atoms with Crippen molar-refractivity contribution in [2.24, 2.45) is 0 Å². The van der Waals surface area contributed by atoms with E-state index in [1.165, 1.54) is 4.31 Å². The Bertz CT molecular complexity index is 1150. The maximum absolute atomic E-state index is 13.3. The van der Waals surface area contributed by atoms with Gasteiger partial charge in [0.25, 0.3) is 10.0 Å². The fourth-order valence-electron chi connectivity index (χ4n) is 3.52. The maximum Gasteiger partial charge on any atom is 0.265 e. The molecule has 1 aliphatic rings. The topological polar surface area (TPSA) is 59.5 Å². The molecule has 6 heteroatoms. The second-order valence-electron chi connectivity index (χ2n) is 8.13. The van der Waals surface area contributed by atoms with Crippen LogP contribution in [0.4, 0.5) is 5.82 Å². The Morgan fingerprint density at radius 1 is 1.04 bits per heavy atom. The predicted octanol–water partition coefficient (Wildman–Crippen LogP) is 4.29. The monoisotopic (exact) mass is 396 g/mol. The van der Waals surface area contributed by atoms with Crippen molar-refractivity contribution in [3.8, 4) is 5.75 Å². The van der Waals surface area contributed by atoms with E-state index in [0.717, 1.165) is 22.0 Å². The highest BCUT2D eigenvalue weighted by Gasteiger charge is 2.32. The first kappa shape index (κ1) is 18.7. The van der Waals surface area contributed by atoms with E-state index in [1.54, 1.807) is 19.2 Å². The van der Waals surface area contributed by atoms with E-state index in [1.807, 2.05) is 36.4 Å². The largest absolute Gasteiger partial charge is 0.497 e. The second-order valence-corrected chi connectivity index (χ2v) is 9.99. The zero-order valence-electron chi connectivity index (χ0n) is 16.6. The molecule has 0 amide bonds. The fraction of sp³-hybridized carbons (Fsp3) is 0.318. The zero-order valence-corrected chi connectivity index (χ0v) is 17.4. The summed E-state index contributed by atoms with van der Waals surface area (Å²) >= 11 is 0. The average molecular weight is 397 g/mol. The zero-order chi connectivity index (χ0) is 20.1. The molecule has 146 valence electrons. The Morgan fingerprint density at radius 3 is 2.39 bits per heavy atom. The first-order valence-corrected chi connectivity index (χ1v) is 10.7. The van der Waals surface area contributed by atoms with Crippen LogP contribution in [0.3, 0.4) is 0 Å². The van der Waals surface area contributed by atoms with Crippen LogP contribution in [-0.4, -0.2) is 27.1 Å². The lowest BCUT2D eigenvalue weighted by atomic mass is 9.87. The van der Waals surface area contributed by atoms with Crippen LogP contribution < -0.4 is 9.04 Å². The number of sulfonamides is 1. The van der Waals surface area contributed by atoms with Crippen LogP contribution in [0.2, 0.25) is 0 Å². The summed E-state index contributed by atoms with van der Waals surface area (Å²) in [6, 6.07) is 14.9. The summed E-state index contributed by atoms with van der Waals surface area (Å²) in [4.78, 5) is 4.95. The van der Waals surface area contributed by atoms with Gasteiger partial charge in [-0.15, -0.1) is 0 Å². The molecule has 0 N–H and O–H groups in total. The van der Waals surface area contributed by atoms with Crippen molar-refractivity contribution < 1.29 is 13.2 Å². The molecule has 0 aliphatic carbocycles. The van der Waals surface area contributed by atoms with Crippen LogP contribution >= 0.6 is 0 Å². The molecule has 0 fully saturated rings. The quantitative estimate of drug-likeness (QED) is 0.663. The highest BCUT2D eigenvalue weighted by Crippen LogP contribution is 2.35. The standard InChI is InChI=1S/C22H24N2O3S/c1-22(2,3)17-6-9-19(10-7-17)28(25,26)24-12-11-16-13-15-5-8-18(27-4)14-20(15)23-21(16)24/h5-10,13-14H,11-12H2,1-4H3. The van der Waals surface area contributed by atoms with E-state index in [-0.39, 0.29) is 5.41 Å². The summed E-state index contributed by atoms with van der Waals surface area (Å²) in [6.07, 6.45) is 0.656. The second kappa shape index (κ2) is 6.48. The van der Waals surface area contributed by atoms with Crippen molar-refractivity contribution in [2.45, 2.75) is 37.5 Å². The van der Waals surface area contributed by atoms with Crippen LogP contribution in [-0.2, 0) is 21.9 Å². The molecule has 0 unspecified atom stereocenters. The van der Waals surface area contributed by atoms with Crippen molar-refractivity contribution in [3.05, 3.63) is 59.7 Å². The SMILES string of the molecule is COc1ccc2cc3c(nc2c1)N(S(=O)(=O)c1ccc(C(C)(C)C)cc1)CC3. The number of ether oxygens (including phenoxy) is 1. The Morgan fingerprint density at radius 2 is 1.75 bits per heavy atom. The van der Waals surface area contributed by atoms with Crippen molar-refractivity contribution in [1.29, 1.82) is 0 Å².